The number of rotatable bonds is 9. The van der Waals surface area contributed by atoms with Crippen molar-refractivity contribution in [2.24, 2.45) is 0 Å². The van der Waals surface area contributed by atoms with Crippen molar-refractivity contribution in [3.63, 3.8) is 0 Å². The van der Waals surface area contributed by atoms with E-state index in [1.54, 1.807) is 6.92 Å². The lowest BCUT2D eigenvalue weighted by Crippen LogP contribution is -2.13. The predicted molar refractivity (Wildman–Crippen MR) is 89.7 cm³/mol. The maximum Gasteiger partial charge on any atom is 0.341 e. The molecule has 0 amide bonds. The highest BCUT2D eigenvalue weighted by Crippen LogP contribution is 2.25. The van der Waals surface area contributed by atoms with Crippen molar-refractivity contribution in [2.45, 2.75) is 13.3 Å². The number of esters is 1. The Morgan fingerprint density at radius 2 is 2.28 bits per heavy atom. The number of carbonyl (C=O) groups is 1. The van der Waals surface area contributed by atoms with E-state index >= 15 is 0 Å². The second-order valence-corrected chi connectivity index (χ2v) is 4.84. The third-order valence-electron chi connectivity index (χ3n) is 3.16. The number of hydrogen-bond donors (Lipinski definition) is 3. The molecule has 2 aromatic rings. The summed E-state index contributed by atoms with van der Waals surface area (Å²) in [5.74, 6) is -0.108. The van der Waals surface area contributed by atoms with E-state index in [1.807, 2.05) is 0 Å². The van der Waals surface area contributed by atoms with Crippen molar-refractivity contribution in [3.8, 4) is 11.8 Å². The Morgan fingerprint density at radius 3 is 2.92 bits per heavy atom. The summed E-state index contributed by atoms with van der Waals surface area (Å²) in [4.78, 5) is 20.2. The summed E-state index contributed by atoms with van der Waals surface area (Å²) in [5, 5.41) is 23.5. The van der Waals surface area contributed by atoms with Gasteiger partial charge in [0.05, 0.1) is 25.5 Å². The first-order valence-electron chi connectivity index (χ1n) is 7.68. The molecular weight excluding hydrogens is 328 g/mol. The maximum absolute atomic E-state index is 11.7. The van der Waals surface area contributed by atoms with Crippen molar-refractivity contribution in [2.75, 3.05) is 32.2 Å². The Balaban J connectivity index is 2.36. The fraction of sp³-hybridized carbons (Fsp3) is 0.400. The summed E-state index contributed by atoms with van der Waals surface area (Å²) in [5.41, 5.74) is 1.02. The second kappa shape index (κ2) is 8.73. The van der Waals surface area contributed by atoms with Crippen LogP contribution in [0, 0.1) is 5.41 Å². The van der Waals surface area contributed by atoms with Crippen LogP contribution in [0.5, 0.6) is 5.88 Å². The highest BCUT2D eigenvalue weighted by molar-refractivity contribution is 5.89. The molecule has 0 saturated carbocycles. The molecule has 0 aliphatic rings. The van der Waals surface area contributed by atoms with Crippen molar-refractivity contribution < 1.29 is 19.4 Å². The van der Waals surface area contributed by atoms with Crippen molar-refractivity contribution in [3.05, 3.63) is 23.7 Å². The van der Waals surface area contributed by atoms with Crippen LogP contribution in [0.1, 0.15) is 29.4 Å². The van der Waals surface area contributed by atoms with Crippen molar-refractivity contribution >= 4 is 17.9 Å². The average molecular weight is 348 g/mol. The van der Waals surface area contributed by atoms with Crippen LogP contribution in [-0.4, -0.2) is 63.9 Å². The highest BCUT2D eigenvalue weighted by atomic mass is 16.5. The average Bonchev–Trinajstić information content (AvgIpc) is 3.12. The zero-order valence-corrected chi connectivity index (χ0v) is 14.0. The number of aromatic nitrogens is 4. The van der Waals surface area contributed by atoms with Crippen LogP contribution in [0.15, 0.2) is 12.4 Å². The molecule has 0 spiro atoms. The van der Waals surface area contributed by atoms with Gasteiger partial charge in [-0.2, -0.15) is 10.1 Å². The van der Waals surface area contributed by atoms with Crippen LogP contribution in [0.2, 0.25) is 0 Å². The molecule has 25 heavy (non-hydrogen) atoms. The van der Waals surface area contributed by atoms with Gasteiger partial charge in [-0.15, -0.1) is 0 Å². The molecule has 134 valence electrons. The Morgan fingerprint density at radius 1 is 1.48 bits per heavy atom. The number of anilines is 1. The minimum Gasteiger partial charge on any atom is -0.479 e. The van der Waals surface area contributed by atoms with Crippen molar-refractivity contribution in [1.82, 2.24) is 19.7 Å². The van der Waals surface area contributed by atoms with Gasteiger partial charge in [0.1, 0.15) is 11.4 Å². The normalized spacial score (nSPS) is 10.4. The van der Waals surface area contributed by atoms with Gasteiger partial charge in [0.25, 0.3) is 5.95 Å². The Bertz CT molecular complexity index is 746. The summed E-state index contributed by atoms with van der Waals surface area (Å²) in [6, 6.07) is 0. The number of nitrogens with zero attached hydrogens (tertiary/aromatic N) is 4. The van der Waals surface area contributed by atoms with E-state index in [-0.39, 0.29) is 30.6 Å². The molecule has 0 fully saturated rings. The molecule has 0 aliphatic heterocycles. The van der Waals surface area contributed by atoms with E-state index in [0.29, 0.717) is 24.3 Å². The first kappa shape index (κ1) is 18.3. The van der Waals surface area contributed by atoms with Gasteiger partial charge in [-0.1, -0.05) is 0 Å². The van der Waals surface area contributed by atoms with Crippen LogP contribution < -0.4 is 10.1 Å². The number of carbonyl (C=O) groups excluding carboxylic acids is 1. The summed E-state index contributed by atoms with van der Waals surface area (Å²) in [6.45, 7) is 2.50. The number of methoxy groups -OCH3 is 1. The minimum atomic E-state index is -0.490. The third kappa shape index (κ3) is 4.29. The molecule has 2 aromatic heterocycles. The molecule has 2 heterocycles. The van der Waals surface area contributed by atoms with Gasteiger partial charge in [-0.25, -0.2) is 14.5 Å². The highest BCUT2D eigenvalue weighted by Gasteiger charge is 2.17. The topological polar surface area (TPSA) is 135 Å². The molecule has 3 N–H and O–H groups in total. The van der Waals surface area contributed by atoms with E-state index < -0.39 is 5.97 Å². The van der Waals surface area contributed by atoms with Gasteiger partial charge in [0.2, 0.25) is 5.88 Å². The minimum absolute atomic E-state index is 0.0398. The standard InChI is InChI=1S/C15H20N6O4/c1-3-25-14(23)10-8-18-21(9-10)15-19-11(7-16)12(13(20-15)24-2)17-5-4-6-22/h7-9,16-17,22H,3-6H2,1-2H3. The Hall–Kier alpha value is -3.01. The molecule has 0 saturated heterocycles. The lowest BCUT2D eigenvalue weighted by Gasteiger charge is -2.13. The fourth-order valence-electron chi connectivity index (χ4n) is 2.01. The first-order chi connectivity index (χ1) is 12.1. The third-order valence-corrected chi connectivity index (χ3v) is 3.16. The van der Waals surface area contributed by atoms with Crippen LogP contribution in [0.3, 0.4) is 0 Å². The molecular formula is C15H20N6O4. The van der Waals surface area contributed by atoms with E-state index in [9.17, 15) is 4.79 Å². The molecule has 10 nitrogen and oxygen atoms in total. The molecule has 10 heteroatoms. The lowest BCUT2D eigenvalue weighted by molar-refractivity contribution is 0.0526. The molecule has 0 bridgehead atoms. The number of ether oxygens (including phenoxy) is 2. The van der Waals surface area contributed by atoms with Crippen LogP contribution >= 0.6 is 0 Å². The molecule has 0 atom stereocenters. The van der Waals surface area contributed by atoms with E-state index in [0.717, 1.165) is 6.21 Å². The summed E-state index contributed by atoms with van der Waals surface area (Å²) in [6.07, 6.45) is 4.39. The smallest absolute Gasteiger partial charge is 0.341 e. The molecule has 0 aliphatic carbocycles. The van der Waals surface area contributed by atoms with Crippen LogP contribution in [0.4, 0.5) is 5.69 Å². The first-order valence-corrected chi connectivity index (χ1v) is 7.68. The zero-order valence-electron chi connectivity index (χ0n) is 14.0. The van der Waals surface area contributed by atoms with Crippen LogP contribution in [-0.2, 0) is 4.74 Å². The summed E-state index contributed by atoms with van der Waals surface area (Å²) < 4.78 is 11.5. The van der Waals surface area contributed by atoms with E-state index in [1.165, 1.54) is 24.2 Å². The molecule has 2 rings (SSSR count). The van der Waals surface area contributed by atoms with E-state index in [4.69, 9.17) is 20.0 Å². The monoisotopic (exact) mass is 348 g/mol. The quantitative estimate of drug-likeness (QED) is 0.341. The van der Waals surface area contributed by atoms with Crippen LogP contribution in [0.25, 0.3) is 5.95 Å². The number of aliphatic hydroxyl groups is 1. The summed E-state index contributed by atoms with van der Waals surface area (Å²) in [7, 11) is 1.45. The Labute approximate surface area is 144 Å². The second-order valence-electron chi connectivity index (χ2n) is 4.84. The molecule has 0 radical (unpaired) electrons. The predicted octanol–water partition coefficient (Wildman–Crippen LogP) is 0.640. The molecule has 0 aromatic carbocycles. The van der Waals surface area contributed by atoms with Gasteiger partial charge in [-0.05, 0) is 13.3 Å². The van der Waals surface area contributed by atoms with Crippen molar-refractivity contribution in [1.29, 1.82) is 5.41 Å². The maximum atomic E-state index is 11.7. The number of aliphatic hydroxyl groups excluding tert-OH is 1. The van der Waals surface area contributed by atoms with Gasteiger partial charge < -0.3 is 25.3 Å². The van der Waals surface area contributed by atoms with Gasteiger partial charge in [0.15, 0.2) is 0 Å². The SMILES string of the molecule is CCOC(=O)c1cnn(-c2nc(C=N)c(NCCCO)c(OC)n2)c1. The Kier molecular flexibility index (Phi) is 6.40. The van der Waals surface area contributed by atoms with E-state index in [2.05, 4.69) is 20.4 Å². The van der Waals surface area contributed by atoms with Gasteiger partial charge >= 0.3 is 5.97 Å². The van der Waals surface area contributed by atoms with Gasteiger partial charge in [0, 0.05) is 25.6 Å². The number of nitrogens with one attached hydrogen (secondary N) is 2. The summed E-state index contributed by atoms with van der Waals surface area (Å²) >= 11 is 0. The molecule has 0 unspecified atom stereocenters. The largest absolute Gasteiger partial charge is 0.479 e. The number of hydrogen-bond acceptors (Lipinski definition) is 9. The lowest BCUT2D eigenvalue weighted by atomic mass is 10.3. The fourth-order valence-corrected chi connectivity index (χ4v) is 2.01. The van der Waals surface area contributed by atoms with Gasteiger partial charge in [-0.3, -0.25) is 0 Å². The zero-order chi connectivity index (χ0) is 18.2.